The smallest absolute Gasteiger partial charge is 0.307 e. The lowest BCUT2D eigenvalue weighted by Crippen LogP contribution is -2.33. The Kier molecular flexibility index (Phi) is 7.61. The first-order valence-electron chi connectivity index (χ1n) is 8.10. The molecular formula is C18H18Cl2FNO4S. The molecule has 146 valence electrons. The van der Waals surface area contributed by atoms with Crippen LogP contribution in [0.2, 0.25) is 10.0 Å². The number of halogens is 3. The number of rotatable bonds is 8. The van der Waals surface area contributed by atoms with Gasteiger partial charge in [0.1, 0.15) is 10.7 Å². The van der Waals surface area contributed by atoms with E-state index in [1.807, 2.05) is 0 Å². The summed E-state index contributed by atoms with van der Waals surface area (Å²) in [5.74, 6) is -1.10. The van der Waals surface area contributed by atoms with Crippen molar-refractivity contribution in [2.75, 3.05) is 13.2 Å². The first kappa shape index (κ1) is 21.6. The molecule has 0 amide bonds. The number of benzene rings is 2. The second-order valence-electron chi connectivity index (χ2n) is 5.54. The highest BCUT2D eigenvalue weighted by Gasteiger charge is 2.29. The molecule has 0 aliphatic heterocycles. The topological polar surface area (TPSA) is 63.7 Å². The van der Waals surface area contributed by atoms with Crippen LogP contribution in [0.15, 0.2) is 47.4 Å². The van der Waals surface area contributed by atoms with Crippen LogP contribution >= 0.6 is 23.2 Å². The van der Waals surface area contributed by atoms with E-state index >= 15 is 0 Å². The Labute approximate surface area is 167 Å². The van der Waals surface area contributed by atoms with E-state index in [-0.39, 0.29) is 46.6 Å². The fourth-order valence-electron chi connectivity index (χ4n) is 2.37. The third kappa shape index (κ3) is 5.42. The predicted molar refractivity (Wildman–Crippen MR) is 102 cm³/mol. The fraction of sp³-hybridized carbons (Fsp3) is 0.278. The minimum absolute atomic E-state index is 0.0778. The van der Waals surface area contributed by atoms with Crippen molar-refractivity contribution >= 4 is 39.2 Å². The van der Waals surface area contributed by atoms with Gasteiger partial charge in [0.25, 0.3) is 0 Å². The van der Waals surface area contributed by atoms with Gasteiger partial charge in [-0.25, -0.2) is 12.8 Å². The Morgan fingerprint density at radius 1 is 1.15 bits per heavy atom. The predicted octanol–water partition coefficient (Wildman–Crippen LogP) is 4.28. The highest BCUT2D eigenvalue weighted by molar-refractivity contribution is 7.89. The summed E-state index contributed by atoms with van der Waals surface area (Å²) < 4.78 is 46.1. The van der Waals surface area contributed by atoms with E-state index < -0.39 is 21.8 Å². The zero-order chi connectivity index (χ0) is 20.0. The van der Waals surface area contributed by atoms with Crippen LogP contribution in [0.25, 0.3) is 0 Å². The number of carbonyl (C=O) groups excluding carboxylic acids is 1. The second kappa shape index (κ2) is 9.50. The summed E-state index contributed by atoms with van der Waals surface area (Å²) in [6.07, 6.45) is -0.181. The van der Waals surface area contributed by atoms with Gasteiger partial charge in [-0.2, -0.15) is 4.31 Å². The molecule has 0 aliphatic rings. The molecule has 0 radical (unpaired) electrons. The third-order valence-electron chi connectivity index (χ3n) is 3.71. The molecule has 5 nitrogen and oxygen atoms in total. The summed E-state index contributed by atoms with van der Waals surface area (Å²) in [4.78, 5) is 11.5. The molecule has 0 aliphatic carbocycles. The molecule has 0 fully saturated rings. The van der Waals surface area contributed by atoms with E-state index in [0.29, 0.717) is 0 Å². The molecule has 0 N–H and O–H groups in total. The zero-order valence-electron chi connectivity index (χ0n) is 14.5. The molecule has 2 rings (SSSR count). The van der Waals surface area contributed by atoms with Crippen molar-refractivity contribution < 1.29 is 22.3 Å². The summed E-state index contributed by atoms with van der Waals surface area (Å²) in [7, 11) is -4.14. The van der Waals surface area contributed by atoms with Crippen LogP contribution in [-0.2, 0) is 26.1 Å². The lowest BCUT2D eigenvalue weighted by atomic mass is 10.2. The zero-order valence-corrected chi connectivity index (χ0v) is 16.8. The van der Waals surface area contributed by atoms with Crippen molar-refractivity contribution in [1.82, 2.24) is 4.31 Å². The first-order chi connectivity index (χ1) is 12.8. The molecular weight excluding hydrogens is 416 g/mol. The van der Waals surface area contributed by atoms with Crippen molar-refractivity contribution in [2.24, 2.45) is 0 Å². The maximum atomic E-state index is 14.0. The Hall–Kier alpha value is -1.67. The molecule has 2 aromatic rings. The van der Waals surface area contributed by atoms with Crippen LogP contribution in [0.1, 0.15) is 18.9 Å². The van der Waals surface area contributed by atoms with Crippen LogP contribution in [0.5, 0.6) is 0 Å². The van der Waals surface area contributed by atoms with Crippen LogP contribution in [-0.4, -0.2) is 31.8 Å². The lowest BCUT2D eigenvalue weighted by Gasteiger charge is -2.23. The van der Waals surface area contributed by atoms with Gasteiger partial charge in [0.05, 0.1) is 23.1 Å². The van der Waals surface area contributed by atoms with E-state index in [1.54, 1.807) is 13.0 Å². The number of carbonyl (C=O) groups is 1. The minimum atomic E-state index is -4.14. The monoisotopic (exact) mass is 433 g/mol. The number of hydrogen-bond donors (Lipinski definition) is 0. The molecule has 0 atom stereocenters. The fourth-order valence-corrected chi connectivity index (χ4v) is 4.53. The summed E-state index contributed by atoms with van der Waals surface area (Å²) in [5, 5.41) is -0.0530. The number of nitrogens with zero attached hydrogens (tertiary/aromatic N) is 1. The maximum Gasteiger partial charge on any atom is 0.307 e. The molecule has 0 saturated heterocycles. The quantitative estimate of drug-likeness (QED) is 0.582. The van der Waals surface area contributed by atoms with Crippen LogP contribution in [0, 0.1) is 5.82 Å². The van der Waals surface area contributed by atoms with Gasteiger partial charge < -0.3 is 4.74 Å². The Morgan fingerprint density at radius 2 is 1.85 bits per heavy atom. The molecule has 0 saturated carbocycles. The number of ether oxygens (including phenoxy) is 1. The van der Waals surface area contributed by atoms with Crippen molar-refractivity contribution in [2.45, 2.75) is 24.8 Å². The summed E-state index contributed by atoms with van der Waals surface area (Å²) in [6.45, 7) is 1.37. The van der Waals surface area contributed by atoms with E-state index in [4.69, 9.17) is 27.9 Å². The molecule has 0 aromatic heterocycles. The SMILES string of the molecule is CCOC(=O)CCN(Cc1ccccc1F)S(=O)(=O)c1cccc(Cl)c1Cl. The first-order valence-corrected chi connectivity index (χ1v) is 10.3. The Bertz CT molecular complexity index is 921. The molecule has 0 unspecified atom stereocenters. The third-order valence-corrected chi connectivity index (χ3v) is 6.53. The highest BCUT2D eigenvalue weighted by Crippen LogP contribution is 2.31. The molecule has 2 aromatic carbocycles. The van der Waals surface area contributed by atoms with Gasteiger partial charge in [0, 0.05) is 18.7 Å². The Morgan fingerprint density at radius 3 is 2.52 bits per heavy atom. The second-order valence-corrected chi connectivity index (χ2v) is 8.23. The average Bonchev–Trinajstić information content (AvgIpc) is 2.62. The summed E-state index contributed by atoms with van der Waals surface area (Å²) in [5.41, 5.74) is 0.170. The van der Waals surface area contributed by atoms with Crippen molar-refractivity contribution in [1.29, 1.82) is 0 Å². The van der Waals surface area contributed by atoms with Crippen LogP contribution < -0.4 is 0 Å². The molecule has 0 bridgehead atoms. The minimum Gasteiger partial charge on any atom is -0.466 e. The van der Waals surface area contributed by atoms with Gasteiger partial charge >= 0.3 is 5.97 Å². The number of hydrogen-bond acceptors (Lipinski definition) is 4. The normalized spacial score (nSPS) is 11.6. The van der Waals surface area contributed by atoms with E-state index in [0.717, 1.165) is 4.31 Å². The van der Waals surface area contributed by atoms with Gasteiger partial charge in [-0.1, -0.05) is 47.5 Å². The highest BCUT2D eigenvalue weighted by atomic mass is 35.5. The van der Waals surface area contributed by atoms with Gasteiger partial charge in [0.2, 0.25) is 10.0 Å². The van der Waals surface area contributed by atoms with Crippen LogP contribution in [0.3, 0.4) is 0 Å². The molecule has 0 heterocycles. The molecule has 9 heteroatoms. The standard InChI is InChI=1S/C18H18Cl2FNO4S/c1-2-26-17(23)10-11-22(12-13-6-3-4-8-15(13)21)27(24,25)16-9-5-7-14(19)18(16)20/h3-9H,2,10-12H2,1H3. The van der Waals surface area contributed by atoms with Crippen molar-refractivity contribution in [3.63, 3.8) is 0 Å². The van der Waals surface area contributed by atoms with Gasteiger partial charge in [-0.15, -0.1) is 0 Å². The maximum absolute atomic E-state index is 14.0. The average molecular weight is 434 g/mol. The van der Waals surface area contributed by atoms with Crippen LogP contribution in [0.4, 0.5) is 4.39 Å². The summed E-state index contributed by atoms with van der Waals surface area (Å²) >= 11 is 12.0. The number of esters is 1. The van der Waals surface area contributed by atoms with Gasteiger partial charge in [-0.3, -0.25) is 4.79 Å². The largest absolute Gasteiger partial charge is 0.466 e. The van der Waals surface area contributed by atoms with Gasteiger partial charge in [0.15, 0.2) is 0 Å². The number of sulfonamides is 1. The van der Waals surface area contributed by atoms with E-state index in [2.05, 4.69) is 0 Å². The van der Waals surface area contributed by atoms with Gasteiger partial charge in [-0.05, 0) is 25.1 Å². The van der Waals surface area contributed by atoms with Crippen molar-refractivity contribution in [3.05, 3.63) is 63.9 Å². The Balaban J connectivity index is 2.39. The van der Waals surface area contributed by atoms with Crippen molar-refractivity contribution in [3.8, 4) is 0 Å². The van der Waals surface area contributed by atoms with E-state index in [9.17, 15) is 17.6 Å². The molecule has 27 heavy (non-hydrogen) atoms. The lowest BCUT2D eigenvalue weighted by molar-refractivity contribution is -0.143. The van der Waals surface area contributed by atoms with E-state index in [1.165, 1.54) is 36.4 Å². The summed E-state index contributed by atoms with van der Waals surface area (Å²) in [6, 6.07) is 10.0. The molecule has 0 spiro atoms.